The molecule has 0 aromatic heterocycles. The molecule has 1 aliphatic heterocycles. The highest BCUT2D eigenvalue weighted by Crippen LogP contribution is 2.16. The lowest BCUT2D eigenvalue weighted by molar-refractivity contribution is -0.145. The summed E-state index contributed by atoms with van der Waals surface area (Å²) in [5.74, 6) is -0.0692. The van der Waals surface area contributed by atoms with E-state index in [1.165, 1.54) is 0 Å². The highest BCUT2D eigenvalue weighted by molar-refractivity contribution is 5.70. The first kappa shape index (κ1) is 10.9. The van der Waals surface area contributed by atoms with Crippen molar-refractivity contribution in [2.75, 3.05) is 0 Å². The summed E-state index contributed by atoms with van der Waals surface area (Å²) in [6.07, 6.45) is 7.48. The molecule has 2 heteroatoms. The molecule has 2 nitrogen and oxygen atoms in total. The van der Waals surface area contributed by atoms with E-state index < -0.39 is 0 Å². The third-order valence-electron chi connectivity index (χ3n) is 2.71. The summed E-state index contributed by atoms with van der Waals surface area (Å²) >= 11 is 0. The van der Waals surface area contributed by atoms with E-state index in [9.17, 15) is 4.79 Å². The van der Waals surface area contributed by atoms with Crippen molar-refractivity contribution in [1.29, 1.82) is 0 Å². The molecule has 1 unspecified atom stereocenters. The fraction of sp³-hybridized carbons (Fsp3) is 0.357. The Morgan fingerprint density at radius 2 is 2.00 bits per heavy atom. The molecule has 0 aliphatic carbocycles. The van der Waals surface area contributed by atoms with Crippen molar-refractivity contribution in [2.45, 2.75) is 31.8 Å². The molecule has 1 aromatic rings. The SMILES string of the molecule is O=C1CCCCC(C=Cc2ccccc2)O1. The monoisotopic (exact) mass is 216 g/mol. The summed E-state index contributed by atoms with van der Waals surface area (Å²) in [4.78, 5) is 11.2. The van der Waals surface area contributed by atoms with Gasteiger partial charge in [-0.15, -0.1) is 0 Å². The number of ether oxygens (including phenoxy) is 1. The Hall–Kier alpha value is -1.57. The largest absolute Gasteiger partial charge is 0.458 e. The quantitative estimate of drug-likeness (QED) is 0.710. The average Bonchev–Trinajstić information content (AvgIpc) is 2.52. The summed E-state index contributed by atoms with van der Waals surface area (Å²) in [6, 6.07) is 10.1. The van der Waals surface area contributed by atoms with Gasteiger partial charge in [0, 0.05) is 6.42 Å². The van der Waals surface area contributed by atoms with Gasteiger partial charge in [0.25, 0.3) is 0 Å². The van der Waals surface area contributed by atoms with Gasteiger partial charge < -0.3 is 4.74 Å². The molecular weight excluding hydrogens is 200 g/mol. The first-order chi connectivity index (χ1) is 7.84. The molecular formula is C14H16O2. The van der Waals surface area contributed by atoms with Crippen LogP contribution >= 0.6 is 0 Å². The molecule has 0 bridgehead atoms. The number of rotatable bonds is 2. The van der Waals surface area contributed by atoms with Gasteiger partial charge in [0.2, 0.25) is 0 Å². The van der Waals surface area contributed by atoms with Gasteiger partial charge in [-0.3, -0.25) is 4.79 Å². The predicted octanol–water partition coefficient (Wildman–Crippen LogP) is 3.19. The second-order valence-electron chi connectivity index (χ2n) is 4.04. The molecule has 0 spiro atoms. The van der Waals surface area contributed by atoms with Crippen LogP contribution in [0, 0.1) is 0 Å². The van der Waals surface area contributed by atoms with Gasteiger partial charge in [0.1, 0.15) is 6.10 Å². The lowest BCUT2D eigenvalue weighted by Gasteiger charge is -2.09. The van der Waals surface area contributed by atoms with E-state index in [2.05, 4.69) is 0 Å². The number of cyclic esters (lactones) is 1. The lowest BCUT2D eigenvalue weighted by atomic mass is 10.1. The minimum atomic E-state index is -0.0692. The van der Waals surface area contributed by atoms with Gasteiger partial charge in [0.15, 0.2) is 0 Å². The molecule has 0 N–H and O–H groups in total. The Bertz CT molecular complexity index is 368. The maximum Gasteiger partial charge on any atom is 0.306 e. The van der Waals surface area contributed by atoms with Crippen LogP contribution in [0.3, 0.4) is 0 Å². The van der Waals surface area contributed by atoms with Crippen molar-refractivity contribution in [1.82, 2.24) is 0 Å². The van der Waals surface area contributed by atoms with Crippen LogP contribution in [-0.4, -0.2) is 12.1 Å². The smallest absolute Gasteiger partial charge is 0.306 e. The predicted molar refractivity (Wildman–Crippen MR) is 63.8 cm³/mol. The van der Waals surface area contributed by atoms with Crippen LogP contribution in [0.5, 0.6) is 0 Å². The topological polar surface area (TPSA) is 26.3 Å². The van der Waals surface area contributed by atoms with Crippen LogP contribution in [0.4, 0.5) is 0 Å². The maximum atomic E-state index is 11.2. The summed E-state index contributed by atoms with van der Waals surface area (Å²) in [6.45, 7) is 0. The first-order valence-electron chi connectivity index (χ1n) is 5.77. The number of hydrogen-bond donors (Lipinski definition) is 0. The second-order valence-corrected chi connectivity index (χ2v) is 4.04. The summed E-state index contributed by atoms with van der Waals surface area (Å²) < 4.78 is 5.31. The summed E-state index contributed by atoms with van der Waals surface area (Å²) in [5, 5.41) is 0. The molecule has 0 saturated carbocycles. The highest BCUT2D eigenvalue weighted by atomic mass is 16.5. The zero-order valence-corrected chi connectivity index (χ0v) is 9.26. The van der Waals surface area contributed by atoms with Crippen molar-refractivity contribution >= 4 is 12.0 Å². The fourth-order valence-electron chi connectivity index (χ4n) is 1.82. The number of carbonyl (C=O) groups is 1. The number of benzene rings is 1. The van der Waals surface area contributed by atoms with Crippen molar-refractivity contribution in [2.24, 2.45) is 0 Å². The van der Waals surface area contributed by atoms with Crippen LogP contribution in [-0.2, 0) is 9.53 Å². The molecule has 1 fully saturated rings. The molecule has 2 rings (SSSR count). The molecule has 16 heavy (non-hydrogen) atoms. The number of esters is 1. The van der Waals surface area contributed by atoms with E-state index in [1.807, 2.05) is 42.5 Å². The standard InChI is InChI=1S/C14H16O2/c15-14-9-5-4-8-13(16-14)11-10-12-6-2-1-3-7-12/h1-3,6-7,10-11,13H,4-5,8-9H2. The highest BCUT2D eigenvalue weighted by Gasteiger charge is 2.15. The number of carbonyl (C=O) groups excluding carboxylic acids is 1. The van der Waals surface area contributed by atoms with Crippen molar-refractivity contribution in [3.05, 3.63) is 42.0 Å². The van der Waals surface area contributed by atoms with Crippen molar-refractivity contribution in [3.8, 4) is 0 Å². The molecule has 1 aliphatic rings. The van der Waals surface area contributed by atoms with E-state index in [-0.39, 0.29) is 12.1 Å². The van der Waals surface area contributed by atoms with E-state index in [0.717, 1.165) is 24.8 Å². The third kappa shape index (κ3) is 3.23. The Morgan fingerprint density at radius 1 is 1.19 bits per heavy atom. The van der Waals surface area contributed by atoms with Crippen LogP contribution in [0.25, 0.3) is 6.08 Å². The van der Waals surface area contributed by atoms with E-state index in [0.29, 0.717) is 6.42 Å². The minimum Gasteiger partial charge on any atom is -0.458 e. The van der Waals surface area contributed by atoms with Crippen molar-refractivity contribution in [3.63, 3.8) is 0 Å². The van der Waals surface area contributed by atoms with Gasteiger partial charge >= 0.3 is 5.97 Å². The lowest BCUT2D eigenvalue weighted by Crippen LogP contribution is -2.12. The Labute approximate surface area is 95.9 Å². The van der Waals surface area contributed by atoms with Gasteiger partial charge in [-0.2, -0.15) is 0 Å². The minimum absolute atomic E-state index is 0.0461. The average molecular weight is 216 g/mol. The zero-order chi connectivity index (χ0) is 11.2. The zero-order valence-electron chi connectivity index (χ0n) is 9.26. The molecule has 84 valence electrons. The number of hydrogen-bond acceptors (Lipinski definition) is 2. The molecule has 0 amide bonds. The first-order valence-corrected chi connectivity index (χ1v) is 5.77. The molecule has 1 atom stereocenters. The molecule has 1 heterocycles. The van der Waals surface area contributed by atoms with Crippen LogP contribution in [0.1, 0.15) is 31.2 Å². The van der Waals surface area contributed by atoms with Gasteiger partial charge in [-0.25, -0.2) is 0 Å². The van der Waals surface area contributed by atoms with E-state index in [1.54, 1.807) is 0 Å². The van der Waals surface area contributed by atoms with Crippen molar-refractivity contribution < 1.29 is 9.53 Å². The fourth-order valence-corrected chi connectivity index (χ4v) is 1.82. The Kier molecular flexibility index (Phi) is 3.76. The maximum absolute atomic E-state index is 11.2. The molecule has 0 radical (unpaired) electrons. The van der Waals surface area contributed by atoms with Crippen LogP contribution in [0.2, 0.25) is 0 Å². The van der Waals surface area contributed by atoms with Gasteiger partial charge in [0.05, 0.1) is 0 Å². The second kappa shape index (κ2) is 5.50. The normalized spacial score (nSPS) is 21.8. The molecule has 1 aromatic carbocycles. The Morgan fingerprint density at radius 3 is 2.81 bits per heavy atom. The third-order valence-corrected chi connectivity index (χ3v) is 2.71. The van der Waals surface area contributed by atoms with E-state index >= 15 is 0 Å². The van der Waals surface area contributed by atoms with Gasteiger partial charge in [-0.05, 0) is 30.9 Å². The summed E-state index contributed by atoms with van der Waals surface area (Å²) in [7, 11) is 0. The van der Waals surface area contributed by atoms with E-state index in [4.69, 9.17) is 4.74 Å². The van der Waals surface area contributed by atoms with Crippen LogP contribution in [0.15, 0.2) is 36.4 Å². The van der Waals surface area contributed by atoms with Crippen LogP contribution < -0.4 is 0 Å². The Balaban J connectivity index is 1.98. The van der Waals surface area contributed by atoms with Gasteiger partial charge in [-0.1, -0.05) is 36.4 Å². The molecule has 1 saturated heterocycles. The summed E-state index contributed by atoms with van der Waals surface area (Å²) in [5.41, 5.74) is 1.14.